The molecule has 0 spiro atoms. The molecule has 1 rings (SSSR count). The smallest absolute Gasteiger partial charge is 0.280 e. The lowest BCUT2D eigenvalue weighted by atomic mass is 10.1. The number of aromatic nitrogens is 1. The molecule has 0 saturated carbocycles. The second-order valence-electron chi connectivity index (χ2n) is 2.79. The maximum absolute atomic E-state index is 12.2. The van der Waals surface area contributed by atoms with Gasteiger partial charge >= 0.3 is 0 Å². The van der Waals surface area contributed by atoms with Gasteiger partial charge in [0.05, 0.1) is 5.56 Å². The maximum Gasteiger partial charge on any atom is 0.280 e. The van der Waals surface area contributed by atoms with Gasteiger partial charge in [0.15, 0.2) is 0 Å². The molecule has 0 bridgehead atoms. The van der Waals surface area contributed by atoms with Crippen LogP contribution in [-0.4, -0.2) is 10.9 Å². The van der Waals surface area contributed by atoms with Crippen molar-refractivity contribution in [2.75, 3.05) is 5.73 Å². The number of hydrogen-bond acceptors (Lipinski definition) is 3. The maximum atomic E-state index is 12.2. The van der Waals surface area contributed by atoms with Gasteiger partial charge in [0.2, 0.25) is 0 Å². The lowest BCUT2D eigenvalue weighted by Gasteiger charge is -2.07. The third kappa shape index (κ3) is 1.78. The number of nitrogen functional groups attached to an aromatic ring is 1. The van der Waals surface area contributed by atoms with Crippen LogP contribution in [0.4, 0.5) is 14.6 Å². The lowest BCUT2D eigenvalue weighted by molar-refractivity contribution is 0.0999. The number of amides is 1. The predicted molar refractivity (Wildman–Crippen MR) is 46.9 cm³/mol. The Balaban J connectivity index is 3.32. The van der Waals surface area contributed by atoms with Gasteiger partial charge in [-0.15, -0.1) is 0 Å². The van der Waals surface area contributed by atoms with Gasteiger partial charge in [-0.25, -0.2) is 13.8 Å². The Hall–Kier alpha value is -1.72. The first-order valence-corrected chi connectivity index (χ1v) is 3.78. The van der Waals surface area contributed by atoms with Crippen molar-refractivity contribution < 1.29 is 13.6 Å². The number of hydrogen-bond donors (Lipinski definition) is 2. The zero-order chi connectivity index (χ0) is 10.9. The summed E-state index contributed by atoms with van der Waals surface area (Å²) < 4.78 is 24.5. The Morgan fingerprint density at radius 1 is 1.57 bits per heavy atom. The molecule has 0 unspecified atom stereocenters. The minimum Gasteiger partial charge on any atom is -0.383 e. The van der Waals surface area contributed by atoms with Crippen LogP contribution in [0.25, 0.3) is 0 Å². The van der Waals surface area contributed by atoms with Crippen molar-refractivity contribution in [1.82, 2.24) is 4.98 Å². The van der Waals surface area contributed by atoms with E-state index < -0.39 is 18.0 Å². The van der Waals surface area contributed by atoms with E-state index in [0.29, 0.717) is 5.56 Å². The second-order valence-corrected chi connectivity index (χ2v) is 2.79. The SMILES string of the molecule is Cc1cc(C(F)F)nc(N)c1C(N)=O. The number of alkyl halides is 2. The van der Waals surface area contributed by atoms with Crippen LogP contribution in [0.15, 0.2) is 6.07 Å². The summed E-state index contributed by atoms with van der Waals surface area (Å²) in [7, 11) is 0. The molecule has 1 aromatic heterocycles. The molecular weight excluding hydrogens is 192 g/mol. The first-order chi connectivity index (χ1) is 6.43. The van der Waals surface area contributed by atoms with Gasteiger partial charge in [-0.05, 0) is 18.6 Å². The fourth-order valence-electron chi connectivity index (χ4n) is 1.16. The van der Waals surface area contributed by atoms with Gasteiger partial charge < -0.3 is 11.5 Å². The molecule has 76 valence electrons. The highest BCUT2D eigenvalue weighted by atomic mass is 19.3. The molecule has 14 heavy (non-hydrogen) atoms. The molecule has 0 aliphatic rings. The molecule has 0 radical (unpaired) electrons. The molecule has 0 aromatic carbocycles. The first kappa shape index (κ1) is 10.4. The third-order valence-corrected chi connectivity index (χ3v) is 1.73. The zero-order valence-corrected chi connectivity index (χ0v) is 7.42. The standard InChI is InChI=1S/C8H9F2N3O/c1-3-2-4(6(9)10)13-7(11)5(3)8(12)14/h2,6H,1H3,(H2,11,13)(H2,12,14). The fourth-order valence-corrected chi connectivity index (χ4v) is 1.16. The van der Waals surface area contributed by atoms with Crippen LogP contribution in [0.1, 0.15) is 28.0 Å². The van der Waals surface area contributed by atoms with Crippen LogP contribution in [-0.2, 0) is 0 Å². The van der Waals surface area contributed by atoms with E-state index in [0.717, 1.165) is 6.07 Å². The molecular formula is C8H9F2N3O. The number of carbonyl (C=O) groups is 1. The monoisotopic (exact) mass is 201 g/mol. The zero-order valence-electron chi connectivity index (χ0n) is 7.42. The summed E-state index contributed by atoms with van der Waals surface area (Å²) in [5, 5.41) is 0. The number of aryl methyl sites for hydroxylation is 1. The van der Waals surface area contributed by atoms with Crippen molar-refractivity contribution in [2.45, 2.75) is 13.3 Å². The predicted octanol–water partition coefficient (Wildman–Crippen LogP) is 1.01. The van der Waals surface area contributed by atoms with Crippen molar-refractivity contribution in [2.24, 2.45) is 5.73 Å². The van der Waals surface area contributed by atoms with Gasteiger partial charge in [0.1, 0.15) is 11.5 Å². The third-order valence-electron chi connectivity index (χ3n) is 1.73. The fraction of sp³-hybridized carbons (Fsp3) is 0.250. The lowest BCUT2D eigenvalue weighted by Crippen LogP contribution is -2.17. The molecule has 4 N–H and O–H groups in total. The quantitative estimate of drug-likeness (QED) is 0.749. The van der Waals surface area contributed by atoms with Gasteiger partial charge in [0, 0.05) is 0 Å². The Labute approximate surface area is 78.9 Å². The number of nitrogens with zero attached hydrogens (tertiary/aromatic N) is 1. The van der Waals surface area contributed by atoms with E-state index in [2.05, 4.69) is 4.98 Å². The van der Waals surface area contributed by atoms with Crippen LogP contribution < -0.4 is 11.5 Å². The van der Waals surface area contributed by atoms with E-state index in [1.165, 1.54) is 6.92 Å². The average Bonchev–Trinajstić information content (AvgIpc) is 2.01. The summed E-state index contributed by atoms with van der Waals surface area (Å²) in [6.07, 6.45) is -2.71. The van der Waals surface area contributed by atoms with Crippen LogP contribution in [0.3, 0.4) is 0 Å². The van der Waals surface area contributed by atoms with Crippen molar-refractivity contribution in [3.05, 3.63) is 22.9 Å². The van der Waals surface area contributed by atoms with Gasteiger partial charge in [-0.3, -0.25) is 4.79 Å². The van der Waals surface area contributed by atoms with Gasteiger partial charge in [-0.2, -0.15) is 0 Å². The molecule has 0 atom stereocenters. The van der Waals surface area contributed by atoms with Crippen molar-refractivity contribution in [1.29, 1.82) is 0 Å². The van der Waals surface area contributed by atoms with Crippen LogP contribution in [0, 0.1) is 6.92 Å². The number of carbonyl (C=O) groups excluding carboxylic acids is 1. The Bertz CT molecular complexity index is 356. The Morgan fingerprint density at radius 3 is 2.50 bits per heavy atom. The van der Waals surface area contributed by atoms with Crippen molar-refractivity contribution >= 4 is 11.7 Å². The largest absolute Gasteiger partial charge is 0.383 e. The minimum atomic E-state index is -2.71. The van der Waals surface area contributed by atoms with Crippen LogP contribution in [0.5, 0.6) is 0 Å². The van der Waals surface area contributed by atoms with E-state index in [1.807, 2.05) is 0 Å². The molecule has 0 saturated heterocycles. The molecule has 0 aliphatic heterocycles. The summed E-state index contributed by atoms with van der Waals surface area (Å²) in [6, 6.07) is 1.10. The summed E-state index contributed by atoms with van der Waals surface area (Å²) in [6.45, 7) is 1.48. The second kappa shape index (κ2) is 3.57. The number of nitrogens with two attached hydrogens (primary N) is 2. The topological polar surface area (TPSA) is 82.0 Å². The molecule has 0 aliphatic carbocycles. The van der Waals surface area contributed by atoms with Crippen molar-refractivity contribution in [3.63, 3.8) is 0 Å². The van der Waals surface area contributed by atoms with Gasteiger partial charge in [0.25, 0.3) is 12.3 Å². The summed E-state index contributed by atoms with van der Waals surface area (Å²) in [5.74, 6) is -1.03. The number of halogens is 2. The van der Waals surface area contributed by atoms with E-state index in [9.17, 15) is 13.6 Å². The molecule has 1 aromatic rings. The normalized spacial score (nSPS) is 10.6. The Kier molecular flexibility index (Phi) is 2.64. The molecule has 1 amide bonds. The molecule has 4 nitrogen and oxygen atoms in total. The highest BCUT2D eigenvalue weighted by Gasteiger charge is 2.16. The number of rotatable bonds is 2. The highest BCUT2D eigenvalue weighted by Crippen LogP contribution is 2.22. The molecule has 0 fully saturated rings. The van der Waals surface area contributed by atoms with Gasteiger partial charge in [-0.1, -0.05) is 0 Å². The van der Waals surface area contributed by atoms with E-state index in [4.69, 9.17) is 11.5 Å². The minimum absolute atomic E-state index is 0.00519. The number of pyridine rings is 1. The summed E-state index contributed by atoms with van der Waals surface area (Å²) >= 11 is 0. The molecule has 1 heterocycles. The molecule has 6 heteroatoms. The van der Waals surface area contributed by atoms with Crippen LogP contribution >= 0.6 is 0 Å². The van der Waals surface area contributed by atoms with Crippen molar-refractivity contribution in [3.8, 4) is 0 Å². The van der Waals surface area contributed by atoms with Crippen LogP contribution in [0.2, 0.25) is 0 Å². The highest BCUT2D eigenvalue weighted by molar-refractivity contribution is 5.98. The Morgan fingerprint density at radius 2 is 2.14 bits per heavy atom. The average molecular weight is 201 g/mol. The number of anilines is 1. The number of primary amides is 1. The summed E-state index contributed by atoms with van der Waals surface area (Å²) in [5.41, 5.74) is 10.2. The van der Waals surface area contributed by atoms with E-state index >= 15 is 0 Å². The van der Waals surface area contributed by atoms with E-state index in [1.54, 1.807) is 0 Å². The van der Waals surface area contributed by atoms with E-state index in [-0.39, 0.29) is 11.4 Å². The summed E-state index contributed by atoms with van der Waals surface area (Å²) in [4.78, 5) is 14.2. The first-order valence-electron chi connectivity index (χ1n) is 3.78.